The lowest BCUT2D eigenvalue weighted by Crippen LogP contribution is -2.21. The van der Waals surface area contributed by atoms with Gasteiger partial charge in [0.25, 0.3) is 0 Å². The Balaban J connectivity index is 1.94. The summed E-state index contributed by atoms with van der Waals surface area (Å²) in [6.45, 7) is 1.85. The summed E-state index contributed by atoms with van der Waals surface area (Å²) in [4.78, 5) is 11.8. The molecule has 0 aliphatic rings. The molecule has 2 aromatic rings. The van der Waals surface area contributed by atoms with E-state index in [1.807, 2.05) is 43.3 Å². The number of hydrogen-bond acceptors (Lipinski definition) is 2. The summed E-state index contributed by atoms with van der Waals surface area (Å²) in [6, 6.07) is 14.9. The van der Waals surface area contributed by atoms with Crippen molar-refractivity contribution in [2.45, 2.75) is 13.3 Å². The number of nitrogens with one attached hydrogen (secondary N) is 1. The van der Waals surface area contributed by atoms with Crippen LogP contribution in [-0.4, -0.2) is 11.6 Å². The molecule has 1 amide bonds. The molecule has 0 heterocycles. The van der Waals surface area contributed by atoms with Crippen LogP contribution in [0, 0.1) is 0 Å². The smallest absolute Gasteiger partial charge is 0.244 e. The Labute approximate surface area is 137 Å². The Bertz CT molecular complexity index is 651. The molecule has 0 aliphatic carbocycles. The van der Waals surface area contributed by atoms with E-state index < -0.39 is 0 Å². The molecular weight excluding hydrogens is 352 g/mol. The zero-order valence-corrected chi connectivity index (χ0v) is 13.8. The second-order valence-electron chi connectivity index (χ2n) is 4.54. The van der Waals surface area contributed by atoms with Gasteiger partial charge in [-0.25, -0.2) is 5.43 Å². The highest BCUT2D eigenvalue weighted by Gasteiger charge is 2.03. The number of amides is 1. The van der Waals surface area contributed by atoms with E-state index in [2.05, 4.69) is 26.5 Å². The monoisotopic (exact) mass is 364 g/mol. The fourth-order valence-electron chi connectivity index (χ4n) is 1.73. The largest absolute Gasteiger partial charge is 0.273 e. The van der Waals surface area contributed by atoms with Crippen LogP contribution in [0.5, 0.6) is 0 Å². The summed E-state index contributed by atoms with van der Waals surface area (Å²) in [5.41, 5.74) is 5.18. The van der Waals surface area contributed by atoms with Gasteiger partial charge in [0, 0.05) is 9.50 Å². The first-order valence-corrected chi connectivity index (χ1v) is 7.55. The second kappa shape index (κ2) is 7.38. The number of rotatable bonds is 4. The predicted octanol–water partition coefficient (Wildman–Crippen LogP) is 4.19. The Morgan fingerprint density at radius 1 is 1.14 bits per heavy atom. The van der Waals surface area contributed by atoms with Crippen LogP contribution in [0.1, 0.15) is 18.1 Å². The fraction of sp³-hybridized carbons (Fsp3) is 0.125. The highest BCUT2D eigenvalue weighted by Crippen LogP contribution is 2.11. The van der Waals surface area contributed by atoms with Gasteiger partial charge in [-0.05, 0) is 42.3 Å². The number of carbonyl (C=O) groups excluding carboxylic acids is 1. The third-order valence-electron chi connectivity index (χ3n) is 2.89. The summed E-state index contributed by atoms with van der Waals surface area (Å²) in [7, 11) is 0. The summed E-state index contributed by atoms with van der Waals surface area (Å²) in [5, 5.41) is 4.77. The lowest BCUT2D eigenvalue weighted by Gasteiger charge is -2.04. The molecule has 0 atom stereocenters. The fourth-order valence-corrected chi connectivity index (χ4v) is 2.12. The number of benzene rings is 2. The maximum Gasteiger partial charge on any atom is 0.244 e. The molecule has 0 saturated carbocycles. The van der Waals surface area contributed by atoms with E-state index in [4.69, 9.17) is 11.6 Å². The van der Waals surface area contributed by atoms with Crippen molar-refractivity contribution in [3.63, 3.8) is 0 Å². The third kappa shape index (κ3) is 4.99. The van der Waals surface area contributed by atoms with Crippen LogP contribution in [0.2, 0.25) is 5.02 Å². The normalized spacial score (nSPS) is 11.3. The van der Waals surface area contributed by atoms with Crippen LogP contribution in [0.25, 0.3) is 0 Å². The van der Waals surface area contributed by atoms with E-state index in [9.17, 15) is 4.79 Å². The Kier molecular flexibility index (Phi) is 5.53. The molecular formula is C16H14BrClN2O. The molecule has 0 aliphatic heterocycles. The van der Waals surface area contributed by atoms with E-state index in [0.29, 0.717) is 5.02 Å². The van der Waals surface area contributed by atoms with Crippen molar-refractivity contribution in [2.24, 2.45) is 5.10 Å². The van der Waals surface area contributed by atoms with Gasteiger partial charge in [0.1, 0.15) is 0 Å². The molecule has 5 heteroatoms. The quantitative estimate of drug-likeness (QED) is 0.641. The lowest BCUT2D eigenvalue weighted by atomic mass is 10.1. The number of halogens is 2. The van der Waals surface area contributed by atoms with Gasteiger partial charge in [0.15, 0.2) is 0 Å². The summed E-state index contributed by atoms with van der Waals surface area (Å²) < 4.78 is 1.01. The summed E-state index contributed by atoms with van der Waals surface area (Å²) in [6.07, 6.45) is 0.272. The lowest BCUT2D eigenvalue weighted by molar-refractivity contribution is -0.120. The van der Waals surface area contributed by atoms with Crippen LogP contribution in [0.3, 0.4) is 0 Å². The van der Waals surface area contributed by atoms with Gasteiger partial charge < -0.3 is 0 Å². The van der Waals surface area contributed by atoms with Crippen molar-refractivity contribution < 1.29 is 4.79 Å². The Hall–Kier alpha value is -1.65. The second-order valence-corrected chi connectivity index (χ2v) is 5.89. The first-order valence-electron chi connectivity index (χ1n) is 6.38. The van der Waals surface area contributed by atoms with Crippen molar-refractivity contribution in [3.8, 4) is 0 Å². The molecule has 0 radical (unpaired) electrons. The molecule has 0 spiro atoms. The molecule has 0 saturated heterocycles. The zero-order chi connectivity index (χ0) is 15.2. The highest BCUT2D eigenvalue weighted by molar-refractivity contribution is 9.10. The molecule has 2 aromatic carbocycles. The average Bonchev–Trinajstić information content (AvgIpc) is 2.48. The Morgan fingerprint density at radius 2 is 1.76 bits per heavy atom. The molecule has 1 N–H and O–H groups in total. The molecule has 21 heavy (non-hydrogen) atoms. The number of nitrogens with zero attached hydrogens (tertiary/aromatic N) is 1. The molecule has 108 valence electrons. The number of hydrazone groups is 1. The van der Waals surface area contributed by atoms with Gasteiger partial charge in [0.05, 0.1) is 12.1 Å². The van der Waals surface area contributed by atoms with Crippen LogP contribution in [0.4, 0.5) is 0 Å². The number of carbonyl (C=O) groups is 1. The number of hydrogen-bond donors (Lipinski definition) is 1. The van der Waals surface area contributed by atoms with Gasteiger partial charge in [-0.3, -0.25) is 4.79 Å². The molecule has 2 rings (SSSR count). The minimum absolute atomic E-state index is 0.159. The topological polar surface area (TPSA) is 41.5 Å². The van der Waals surface area contributed by atoms with Gasteiger partial charge in [0.2, 0.25) is 5.91 Å². The summed E-state index contributed by atoms with van der Waals surface area (Å²) >= 11 is 9.18. The van der Waals surface area contributed by atoms with E-state index in [-0.39, 0.29) is 12.3 Å². The van der Waals surface area contributed by atoms with E-state index in [1.165, 1.54) is 0 Å². The van der Waals surface area contributed by atoms with Crippen molar-refractivity contribution in [3.05, 3.63) is 69.2 Å². The zero-order valence-electron chi connectivity index (χ0n) is 11.4. The minimum atomic E-state index is -0.159. The van der Waals surface area contributed by atoms with Crippen molar-refractivity contribution in [2.75, 3.05) is 0 Å². The Morgan fingerprint density at radius 3 is 2.38 bits per heavy atom. The molecule has 3 nitrogen and oxygen atoms in total. The minimum Gasteiger partial charge on any atom is -0.273 e. The maximum absolute atomic E-state index is 11.8. The van der Waals surface area contributed by atoms with Crippen LogP contribution >= 0.6 is 27.5 Å². The van der Waals surface area contributed by atoms with Crippen molar-refractivity contribution >= 4 is 39.1 Å². The highest BCUT2D eigenvalue weighted by atomic mass is 79.9. The SMILES string of the molecule is C/C(=N\NC(=O)Cc1ccc(Cl)cc1)c1ccc(Br)cc1. The van der Waals surface area contributed by atoms with Crippen LogP contribution in [0.15, 0.2) is 58.1 Å². The third-order valence-corrected chi connectivity index (χ3v) is 3.67. The van der Waals surface area contributed by atoms with Crippen LogP contribution in [-0.2, 0) is 11.2 Å². The molecule has 0 bridgehead atoms. The molecule has 0 aromatic heterocycles. The van der Waals surface area contributed by atoms with Crippen LogP contribution < -0.4 is 5.43 Å². The van der Waals surface area contributed by atoms with Gasteiger partial charge in [-0.1, -0.05) is 51.8 Å². The molecule has 0 fully saturated rings. The predicted molar refractivity (Wildman–Crippen MR) is 89.7 cm³/mol. The van der Waals surface area contributed by atoms with Gasteiger partial charge in [-0.15, -0.1) is 0 Å². The van der Waals surface area contributed by atoms with E-state index in [1.54, 1.807) is 12.1 Å². The average molecular weight is 366 g/mol. The molecule has 0 unspecified atom stereocenters. The van der Waals surface area contributed by atoms with Gasteiger partial charge >= 0.3 is 0 Å². The van der Waals surface area contributed by atoms with E-state index in [0.717, 1.165) is 21.3 Å². The first-order chi connectivity index (χ1) is 10.0. The van der Waals surface area contributed by atoms with Gasteiger partial charge in [-0.2, -0.15) is 5.10 Å². The van der Waals surface area contributed by atoms with E-state index >= 15 is 0 Å². The first kappa shape index (κ1) is 15.7. The standard InChI is InChI=1S/C16H14BrClN2O/c1-11(13-4-6-14(17)7-5-13)19-20-16(21)10-12-2-8-15(18)9-3-12/h2-9H,10H2,1H3,(H,20,21)/b19-11+. The van der Waals surface area contributed by atoms with Crippen molar-refractivity contribution in [1.29, 1.82) is 0 Å². The maximum atomic E-state index is 11.8. The summed E-state index contributed by atoms with van der Waals surface area (Å²) in [5.74, 6) is -0.159. The van der Waals surface area contributed by atoms with Crippen molar-refractivity contribution in [1.82, 2.24) is 5.43 Å².